The fourth-order valence-corrected chi connectivity index (χ4v) is 3.29. The third-order valence-corrected chi connectivity index (χ3v) is 4.05. The van der Waals surface area contributed by atoms with Crippen molar-refractivity contribution in [1.29, 1.82) is 0 Å². The lowest BCUT2D eigenvalue weighted by molar-refractivity contribution is -0.157. The summed E-state index contributed by atoms with van der Waals surface area (Å²) in [4.78, 5) is 12.0. The van der Waals surface area contributed by atoms with Crippen LogP contribution in [-0.4, -0.2) is 24.2 Å². The molecule has 1 saturated carbocycles. The number of hydrogen-bond donors (Lipinski definition) is 1. The summed E-state index contributed by atoms with van der Waals surface area (Å²) in [7, 11) is 0. The van der Waals surface area contributed by atoms with Crippen LogP contribution in [0.3, 0.4) is 0 Å². The Kier molecular flexibility index (Phi) is 6.06. The molecule has 1 aliphatic rings. The van der Waals surface area contributed by atoms with Gasteiger partial charge in [0, 0.05) is 6.54 Å². The van der Waals surface area contributed by atoms with Gasteiger partial charge >= 0.3 is 5.97 Å². The van der Waals surface area contributed by atoms with E-state index in [-0.39, 0.29) is 12.0 Å². The zero-order valence-corrected chi connectivity index (χ0v) is 14.2. The van der Waals surface area contributed by atoms with Gasteiger partial charge in [0.15, 0.2) is 0 Å². The molecule has 0 aromatic heterocycles. The molecular weight excluding hydrogens is 250 g/mol. The van der Waals surface area contributed by atoms with Crippen LogP contribution in [0, 0.1) is 11.3 Å². The lowest BCUT2D eigenvalue weighted by atomic mass is 9.78. The number of ether oxygens (including phenoxy) is 1. The molecule has 118 valence electrons. The first kappa shape index (κ1) is 17.5. The van der Waals surface area contributed by atoms with Crippen LogP contribution in [-0.2, 0) is 9.53 Å². The molecule has 1 atom stereocenters. The molecule has 0 bridgehead atoms. The summed E-state index contributed by atoms with van der Waals surface area (Å²) in [6.07, 6.45) is 6.49. The van der Waals surface area contributed by atoms with Crippen LogP contribution in [0.25, 0.3) is 0 Å². The third-order valence-electron chi connectivity index (χ3n) is 4.05. The number of carbonyl (C=O) groups is 1. The molecule has 3 heteroatoms. The number of esters is 1. The number of carbonyl (C=O) groups excluding carboxylic acids is 1. The van der Waals surface area contributed by atoms with Crippen LogP contribution in [0.2, 0.25) is 0 Å². The van der Waals surface area contributed by atoms with Gasteiger partial charge < -0.3 is 10.1 Å². The van der Waals surface area contributed by atoms with E-state index in [0.717, 1.165) is 6.54 Å². The normalized spacial score (nSPS) is 20.1. The minimum Gasteiger partial charge on any atom is -0.459 e. The van der Waals surface area contributed by atoms with Crippen molar-refractivity contribution in [1.82, 2.24) is 5.32 Å². The van der Waals surface area contributed by atoms with E-state index in [4.69, 9.17) is 4.74 Å². The minimum absolute atomic E-state index is 0.143. The third kappa shape index (κ3) is 5.82. The summed E-state index contributed by atoms with van der Waals surface area (Å²) in [6, 6.07) is -0.223. The fourth-order valence-electron chi connectivity index (χ4n) is 3.29. The predicted octanol–water partition coefficient (Wildman–Crippen LogP) is 3.91. The zero-order valence-electron chi connectivity index (χ0n) is 14.2. The van der Waals surface area contributed by atoms with Gasteiger partial charge in [-0.3, -0.25) is 4.79 Å². The van der Waals surface area contributed by atoms with Gasteiger partial charge in [-0.15, -0.1) is 0 Å². The van der Waals surface area contributed by atoms with E-state index in [1.165, 1.54) is 32.1 Å². The van der Waals surface area contributed by atoms with E-state index in [9.17, 15) is 4.79 Å². The van der Waals surface area contributed by atoms with Crippen molar-refractivity contribution in [3.8, 4) is 0 Å². The summed E-state index contributed by atoms with van der Waals surface area (Å²) in [5.74, 6) is 0.571. The smallest absolute Gasteiger partial charge is 0.323 e. The summed E-state index contributed by atoms with van der Waals surface area (Å²) in [6.45, 7) is 13.2. The highest BCUT2D eigenvalue weighted by molar-refractivity contribution is 5.75. The number of hydrogen-bond acceptors (Lipinski definition) is 3. The van der Waals surface area contributed by atoms with Crippen LogP contribution in [0.5, 0.6) is 0 Å². The van der Waals surface area contributed by atoms with Gasteiger partial charge in [-0.1, -0.05) is 26.7 Å². The molecule has 0 aromatic carbocycles. The van der Waals surface area contributed by atoms with Gasteiger partial charge in [0.1, 0.15) is 11.6 Å². The maximum atomic E-state index is 12.0. The maximum absolute atomic E-state index is 12.0. The quantitative estimate of drug-likeness (QED) is 0.751. The van der Waals surface area contributed by atoms with Crippen molar-refractivity contribution in [2.45, 2.75) is 85.3 Å². The summed E-state index contributed by atoms with van der Waals surface area (Å²) < 4.78 is 5.43. The first-order valence-corrected chi connectivity index (χ1v) is 8.10. The Balaban J connectivity index is 2.49. The van der Waals surface area contributed by atoms with Gasteiger partial charge in [-0.05, 0) is 58.3 Å². The van der Waals surface area contributed by atoms with Crippen molar-refractivity contribution in [2.75, 3.05) is 6.54 Å². The standard InChI is InChI=1S/C17H33NO2/c1-13(2)11-17(9-7-8-10-17)12-18-14(3)15(19)20-16(4,5)6/h13-14,18H,7-12H2,1-6H3. The first-order valence-electron chi connectivity index (χ1n) is 8.10. The SMILES string of the molecule is CC(C)CC1(CNC(C)C(=O)OC(C)(C)C)CCCC1. The fraction of sp³-hybridized carbons (Fsp3) is 0.941. The van der Waals surface area contributed by atoms with Gasteiger partial charge in [0.25, 0.3) is 0 Å². The Morgan fingerprint density at radius 1 is 1.20 bits per heavy atom. The molecule has 20 heavy (non-hydrogen) atoms. The highest BCUT2D eigenvalue weighted by Crippen LogP contribution is 2.42. The van der Waals surface area contributed by atoms with Crippen LogP contribution in [0.1, 0.15) is 73.6 Å². The molecule has 1 rings (SSSR count). The predicted molar refractivity (Wildman–Crippen MR) is 83.7 cm³/mol. The maximum Gasteiger partial charge on any atom is 0.323 e. The average Bonchev–Trinajstić information content (AvgIpc) is 2.71. The Hall–Kier alpha value is -0.570. The first-order chi connectivity index (χ1) is 9.14. The lowest BCUT2D eigenvalue weighted by Crippen LogP contribution is -2.44. The highest BCUT2D eigenvalue weighted by atomic mass is 16.6. The number of rotatable bonds is 6. The van der Waals surface area contributed by atoms with Crippen molar-refractivity contribution in [2.24, 2.45) is 11.3 Å². The number of nitrogens with one attached hydrogen (secondary N) is 1. The molecule has 0 saturated heterocycles. The monoisotopic (exact) mass is 283 g/mol. The van der Waals surface area contributed by atoms with Crippen LogP contribution in [0.4, 0.5) is 0 Å². The molecule has 1 fully saturated rings. The van der Waals surface area contributed by atoms with Crippen molar-refractivity contribution < 1.29 is 9.53 Å². The van der Waals surface area contributed by atoms with E-state index >= 15 is 0 Å². The van der Waals surface area contributed by atoms with Crippen molar-refractivity contribution in [3.63, 3.8) is 0 Å². The molecular formula is C17H33NO2. The van der Waals surface area contributed by atoms with Gasteiger partial charge in [0.2, 0.25) is 0 Å². The van der Waals surface area contributed by atoms with E-state index in [1.54, 1.807) is 0 Å². The van der Waals surface area contributed by atoms with Gasteiger partial charge in [-0.2, -0.15) is 0 Å². The van der Waals surface area contributed by atoms with Crippen LogP contribution in [0.15, 0.2) is 0 Å². The van der Waals surface area contributed by atoms with E-state index < -0.39 is 5.60 Å². The highest BCUT2D eigenvalue weighted by Gasteiger charge is 2.35. The topological polar surface area (TPSA) is 38.3 Å². The minimum atomic E-state index is -0.407. The van der Waals surface area contributed by atoms with Gasteiger partial charge in [-0.25, -0.2) is 0 Å². The van der Waals surface area contributed by atoms with Crippen molar-refractivity contribution in [3.05, 3.63) is 0 Å². The summed E-state index contributed by atoms with van der Waals surface area (Å²) >= 11 is 0. The molecule has 3 nitrogen and oxygen atoms in total. The van der Waals surface area contributed by atoms with E-state index in [2.05, 4.69) is 19.2 Å². The molecule has 0 amide bonds. The molecule has 0 radical (unpaired) electrons. The Morgan fingerprint density at radius 3 is 2.20 bits per heavy atom. The second-order valence-electron chi connectivity index (χ2n) is 7.94. The molecule has 0 heterocycles. The summed E-state index contributed by atoms with van der Waals surface area (Å²) in [5, 5.41) is 3.42. The molecule has 0 spiro atoms. The molecule has 1 N–H and O–H groups in total. The van der Waals surface area contributed by atoms with Gasteiger partial charge in [0.05, 0.1) is 0 Å². The van der Waals surface area contributed by atoms with Crippen LogP contribution >= 0.6 is 0 Å². The molecule has 1 unspecified atom stereocenters. The Morgan fingerprint density at radius 2 is 1.75 bits per heavy atom. The molecule has 0 aliphatic heterocycles. The zero-order chi connectivity index (χ0) is 15.4. The summed E-state index contributed by atoms with van der Waals surface area (Å²) in [5.41, 5.74) is -0.0135. The lowest BCUT2D eigenvalue weighted by Gasteiger charge is -2.33. The Bertz CT molecular complexity index is 311. The largest absolute Gasteiger partial charge is 0.459 e. The van der Waals surface area contributed by atoms with E-state index in [1.807, 2.05) is 27.7 Å². The Labute approximate surface area is 124 Å². The average molecular weight is 283 g/mol. The van der Waals surface area contributed by atoms with Crippen molar-refractivity contribution >= 4 is 5.97 Å². The molecule has 1 aliphatic carbocycles. The van der Waals surface area contributed by atoms with E-state index in [0.29, 0.717) is 11.3 Å². The van der Waals surface area contributed by atoms with Crippen LogP contribution < -0.4 is 5.32 Å². The molecule has 0 aromatic rings. The second-order valence-corrected chi connectivity index (χ2v) is 7.94. The second kappa shape index (κ2) is 6.93.